The Morgan fingerprint density at radius 1 is 1.14 bits per heavy atom. The summed E-state index contributed by atoms with van der Waals surface area (Å²) in [6, 6.07) is 18.2. The van der Waals surface area contributed by atoms with Crippen molar-refractivity contribution in [2.75, 3.05) is 11.5 Å². The second-order valence-electron chi connectivity index (χ2n) is 5.75. The quantitative estimate of drug-likeness (QED) is 0.860. The molecule has 0 bridgehead atoms. The molecule has 1 aliphatic rings. The van der Waals surface area contributed by atoms with Crippen LogP contribution in [0.25, 0.3) is 0 Å². The molecule has 2 aromatic rings. The summed E-state index contributed by atoms with van der Waals surface area (Å²) in [7, 11) is 0. The SMILES string of the molecule is Cc1ccc(N(Cc2ccccc2)C(=O)C2CCCO2)cc1. The molecule has 3 rings (SSSR count). The maximum atomic E-state index is 12.8. The summed E-state index contributed by atoms with van der Waals surface area (Å²) in [5, 5.41) is 0. The molecule has 1 aliphatic heterocycles. The van der Waals surface area contributed by atoms with Crippen LogP contribution >= 0.6 is 0 Å². The van der Waals surface area contributed by atoms with Gasteiger partial charge in [-0.25, -0.2) is 0 Å². The van der Waals surface area contributed by atoms with Crippen LogP contribution in [0.15, 0.2) is 54.6 Å². The van der Waals surface area contributed by atoms with Crippen LogP contribution in [0.5, 0.6) is 0 Å². The fourth-order valence-corrected chi connectivity index (χ4v) is 2.73. The summed E-state index contributed by atoms with van der Waals surface area (Å²) in [4.78, 5) is 14.7. The number of hydrogen-bond donors (Lipinski definition) is 0. The molecule has 0 saturated carbocycles. The van der Waals surface area contributed by atoms with Gasteiger partial charge in [0.1, 0.15) is 6.10 Å². The Hall–Kier alpha value is -2.13. The third-order valence-electron chi connectivity index (χ3n) is 4.00. The molecule has 0 aromatic heterocycles. The lowest BCUT2D eigenvalue weighted by molar-refractivity contribution is -0.127. The topological polar surface area (TPSA) is 29.5 Å². The van der Waals surface area contributed by atoms with E-state index in [-0.39, 0.29) is 12.0 Å². The summed E-state index contributed by atoms with van der Waals surface area (Å²) < 4.78 is 5.59. The van der Waals surface area contributed by atoms with Gasteiger partial charge in [-0.15, -0.1) is 0 Å². The molecule has 0 N–H and O–H groups in total. The maximum absolute atomic E-state index is 12.8. The highest BCUT2D eigenvalue weighted by Crippen LogP contribution is 2.23. The molecule has 1 unspecified atom stereocenters. The van der Waals surface area contributed by atoms with E-state index in [1.54, 1.807) is 0 Å². The second-order valence-corrected chi connectivity index (χ2v) is 5.75. The molecule has 2 aromatic carbocycles. The number of nitrogens with zero attached hydrogens (tertiary/aromatic N) is 1. The van der Waals surface area contributed by atoms with E-state index >= 15 is 0 Å². The lowest BCUT2D eigenvalue weighted by Gasteiger charge is -2.25. The predicted octanol–water partition coefficient (Wildman–Crippen LogP) is 3.71. The summed E-state index contributed by atoms with van der Waals surface area (Å²) in [5.41, 5.74) is 3.23. The fraction of sp³-hybridized carbons (Fsp3) is 0.316. The highest BCUT2D eigenvalue weighted by atomic mass is 16.5. The number of carbonyl (C=O) groups is 1. The Balaban J connectivity index is 1.87. The Morgan fingerprint density at radius 3 is 2.50 bits per heavy atom. The van der Waals surface area contributed by atoms with Crippen molar-refractivity contribution in [1.82, 2.24) is 0 Å². The number of amides is 1. The van der Waals surface area contributed by atoms with E-state index in [1.807, 2.05) is 66.4 Å². The molecule has 22 heavy (non-hydrogen) atoms. The van der Waals surface area contributed by atoms with E-state index in [1.165, 1.54) is 5.56 Å². The van der Waals surface area contributed by atoms with Gasteiger partial charge in [0.15, 0.2) is 0 Å². The average Bonchev–Trinajstić information content (AvgIpc) is 3.08. The Bertz CT molecular complexity index is 616. The van der Waals surface area contributed by atoms with Crippen LogP contribution in [0.4, 0.5) is 5.69 Å². The number of carbonyl (C=O) groups excluding carboxylic acids is 1. The van der Waals surface area contributed by atoms with Gasteiger partial charge in [-0.1, -0.05) is 48.0 Å². The van der Waals surface area contributed by atoms with Gasteiger partial charge in [-0.2, -0.15) is 0 Å². The Labute approximate surface area is 131 Å². The predicted molar refractivity (Wildman–Crippen MR) is 87.8 cm³/mol. The molecule has 0 radical (unpaired) electrons. The Kier molecular flexibility index (Phi) is 4.54. The summed E-state index contributed by atoms with van der Waals surface area (Å²) in [6.07, 6.45) is 1.48. The van der Waals surface area contributed by atoms with E-state index in [0.29, 0.717) is 13.2 Å². The van der Waals surface area contributed by atoms with E-state index in [0.717, 1.165) is 24.1 Å². The minimum atomic E-state index is -0.301. The first-order valence-corrected chi connectivity index (χ1v) is 7.77. The standard InChI is InChI=1S/C19H21NO2/c1-15-9-11-17(12-10-15)20(14-16-6-3-2-4-7-16)19(21)18-8-5-13-22-18/h2-4,6-7,9-12,18H,5,8,13-14H2,1H3. The number of ether oxygens (including phenoxy) is 1. The first kappa shape index (κ1) is 14.8. The molecule has 3 heteroatoms. The molecule has 1 amide bonds. The molecule has 1 atom stereocenters. The van der Waals surface area contributed by atoms with Crippen LogP contribution in [-0.4, -0.2) is 18.6 Å². The largest absolute Gasteiger partial charge is 0.368 e. The minimum absolute atomic E-state index is 0.0604. The molecular formula is C19H21NO2. The van der Waals surface area contributed by atoms with Crippen LogP contribution in [0.1, 0.15) is 24.0 Å². The van der Waals surface area contributed by atoms with Gasteiger partial charge in [0.25, 0.3) is 5.91 Å². The van der Waals surface area contributed by atoms with Gasteiger partial charge >= 0.3 is 0 Å². The number of hydrogen-bond acceptors (Lipinski definition) is 2. The van der Waals surface area contributed by atoms with Gasteiger partial charge in [0, 0.05) is 12.3 Å². The van der Waals surface area contributed by atoms with Gasteiger partial charge < -0.3 is 9.64 Å². The van der Waals surface area contributed by atoms with Crippen LogP contribution in [0.2, 0.25) is 0 Å². The number of aryl methyl sites for hydroxylation is 1. The average molecular weight is 295 g/mol. The van der Waals surface area contributed by atoms with Gasteiger partial charge in [-0.05, 0) is 37.5 Å². The zero-order chi connectivity index (χ0) is 15.4. The second kappa shape index (κ2) is 6.75. The lowest BCUT2D eigenvalue weighted by atomic mass is 10.1. The smallest absolute Gasteiger partial charge is 0.256 e. The van der Waals surface area contributed by atoms with Gasteiger partial charge in [-0.3, -0.25) is 4.79 Å². The fourth-order valence-electron chi connectivity index (χ4n) is 2.73. The van der Waals surface area contributed by atoms with Crippen LogP contribution in [0, 0.1) is 6.92 Å². The van der Waals surface area contributed by atoms with Crippen molar-refractivity contribution < 1.29 is 9.53 Å². The molecule has 1 heterocycles. The highest BCUT2D eigenvalue weighted by molar-refractivity contribution is 5.96. The van der Waals surface area contributed by atoms with E-state index in [2.05, 4.69) is 0 Å². The van der Waals surface area contributed by atoms with Crippen molar-refractivity contribution in [1.29, 1.82) is 0 Å². The lowest BCUT2D eigenvalue weighted by Crippen LogP contribution is -2.38. The van der Waals surface area contributed by atoms with Crippen molar-refractivity contribution in [3.8, 4) is 0 Å². The molecule has 0 aliphatic carbocycles. The number of anilines is 1. The zero-order valence-corrected chi connectivity index (χ0v) is 12.9. The molecule has 1 saturated heterocycles. The minimum Gasteiger partial charge on any atom is -0.368 e. The third kappa shape index (κ3) is 3.37. The Morgan fingerprint density at radius 2 is 1.86 bits per heavy atom. The zero-order valence-electron chi connectivity index (χ0n) is 12.9. The van der Waals surface area contributed by atoms with Crippen LogP contribution < -0.4 is 4.90 Å². The highest BCUT2D eigenvalue weighted by Gasteiger charge is 2.29. The van der Waals surface area contributed by atoms with E-state index in [4.69, 9.17) is 4.74 Å². The van der Waals surface area contributed by atoms with Gasteiger partial charge in [0.2, 0.25) is 0 Å². The van der Waals surface area contributed by atoms with Crippen molar-refractivity contribution >= 4 is 11.6 Å². The summed E-state index contributed by atoms with van der Waals surface area (Å²) in [5.74, 6) is 0.0604. The summed E-state index contributed by atoms with van der Waals surface area (Å²) >= 11 is 0. The van der Waals surface area contributed by atoms with Crippen LogP contribution in [0.3, 0.4) is 0 Å². The first-order valence-electron chi connectivity index (χ1n) is 7.77. The molecule has 114 valence electrons. The molecule has 3 nitrogen and oxygen atoms in total. The van der Waals surface area contributed by atoms with Crippen molar-refractivity contribution in [2.45, 2.75) is 32.4 Å². The molecule has 1 fully saturated rings. The number of benzene rings is 2. The monoisotopic (exact) mass is 295 g/mol. The van der Waals surface area contributed by atoms with E-state index in [9.17, 15) is 4.79 Å². The third-order valence-corrected chi connectivity index (χ3v) is 4.00. The number of rotatable bonds is 4. The molecule has 0 spiro atoms. The van der Waals surface area contributed by atoms with Gasteiger partial charge in [0.05, 0.1) is 6.54 Å². The van der Waals surface area contributed by atoms with Crippen molar-refractivity contribution in [3.05, 3.63) is 65.7 Å². The molecular weight excluding hydrogens is 274 g/mol. The maximum Gasteiger partial charge on any atom is 0.256 e. The normalized spacial score (nSPS) is 17.4. The van der Waals surface area contributed by atoms with Crippen molar-refractivity contribution in [3.63, 3.8) is 0 Å². The van der Waals surface area contributed by atoms with Crippen LogP contribution in [-0.2, 0) is 16.1 Å². The summed E-state index contributed by atoms with van der Waals surface area (Å²) in [6.45, 7) is 3.30. The van der Waals surface area contributed by atoms with E-state index < -0.39 is 0 Å². The van der Waals surface area contributed by atoms with Crippen molar-refractivity contribution in [2.24, 2.45) is 0 Å². The first-order chi connectivity index (χ1) is 10.7.